The molecule has 0 atom stereocenters. The number of hydrogen-bond donors (Lipinski definition) is 1. The molecule has 0 aromatic carbocycles. The molecule has 1 N–H and O–H groups in total. The molecule has 4 nitrogen and oxygen atoms in total. The SMILES string of the molecule is C=CCNCCn1c(C)nc(C)cc1=O. The molecule has 15 heavy (non-hydrogen) atoms. The predicted octanol–water partition coefficient (Wildman–Crippen LogP) is 0.636. The maximum absolute atomic E-state index is 11.6. The Morgan fingerprint density at radius 1 is 1.60 bits per heavy atom. The summed E-state index contributed by atoms with van der Waals surface area (Å²) in [5.41, 5.74) is 0.785. The number of nitrogens with one attached hydrogen (secondary N) is 1. The summed E-state index contributed by atoms with van der Waals surface area (Å²) in [5, 5.41) is 3.15. The van der Waals surface area contributed by atoms with Gasteiger partial charge in [0.1, 0.15) is 5.82 Å². The largest absolute Gasteiger partial charge is 0.312 e. The Labute approximate surface area is 89.7 Å². The standard InChI is InChI=1S/C11H17N3O/c1-4-5-12-6-7-14-10(3)13-9(2)8-11(14)15/h4,8,12H,1,5-7H2,2-3H3. The van der Waals surface area contributed by atoms with Gasteiger partial charge in [-0.15, -0.1) is 6.58 Å². The van der Waals surface area contributed by atoms with Crippen molar-refractivity contribution < 1.29 is 0 Å². The van der Waals surface area contributed by atoms with Crippen molar-refractivity contribution in [1.29, 1.82) is 0 Å². The van der Waals surface area contributed by atoms with Crippen LogP contribution in [0.3, 0.4) is 0 Å². The smallest absolute Gasteiger partial charge is 0.253 e. The van der Waals surface area contributed by atoms with Gasteiger partial charge in [-0.1, -0.05) is 6.08 Å². The lowest BCUT2D eigenvalue weighted by Crippen LogP contribution is -2.29. The zero-order chi connectivity index (χ0) is 11.3. The van der Waals surface area contributed by atoms with Crippen LogP contribution in [-0.2, 0) is 6.54 Å². The van der Waals surface area contributed by atoms with E-state index in [2.05, 4.69) is 16.9 Å². The molecule has 0 radical (unpaired) electrons. The average Bonchev–Trinajstić information content (AvgIpc) is 2.15. The van der Waals surface area contributed by atoms with E-state index in [1.807, 2.05) is 13.8 Å². The van der Waals surface area contributed by atoms with Gasteiger partial charge >= 0.3 is 0 Å². The van der Waals surface area contributed by atoms with Crippen molar-refractivity contribution in [2.24, 2.45) is 0 Å². The Morgan fingerprint density at radius 3 is 2.93 bits per heavy atom. The third kappa shape index (κ3) is 3.32. The molecule has 0 saturated heterocycles. The first-order chi connectivity index (χ1) is 7.15. The first-order valence-corrected chi connectivity index (χ1v) is 5.02. The Kier molecular flexibility index (Phi) is 4.24. The van der Waals surface area contributed by atoms with Crippen LogP contribution in [0.2, 0.25) is 0 Å². The molecule has 1 aromatic rings. The fraction of sp³-hybridized carbons (Fsp3) is 0.455. The van der Waals surface area contributed by atoms with Crippen LogP contribution < -0.4 is 10.9 Å². The van der Waals surface area contributed by atoms with Crippen molar-refractivity contribution in [3.8, 4) is 0 Å². The molecule has 1 rings (SSSR count). The highest BCUT2D eigenvalue weighted by Gasteiger charge is 2.01. The quantitative estimate of drug-likeness (QED) is 0.569. The van der Waals surface area contributed by atoms with Gasteiger partial charge in [0.05, 0.1) is 0 Å². The van der Waals surface area contributed by atoms with Gasteiger partial charge in [0, 0.05) is 31.4 Å². The minimum absolute atomic E-state index is 0.0143. The van der Waals surface area contributed by atoms with Gasteiger partial charge in [-0.3, -0.25) is 9.36 Å². The Bertz CT molecular complexity index is 395. The third-order valence-corrected chi connectivity index (χ3v) is 2.13. The van der Waals surface area contributed by atoms with Crippen LogP contribution in [0.4, 0.5) is 0 Å². The summed E-state index contributed by atoms with van der Waals surface area (Å²) in [6, 6.07) is 1.56. The first kappa shape index (κ1) is 11.7. The van der Waals surface area contributed by atoms with E-state index < -0.39 is 0 Å². The number of aryl methyl sites for hydroxylation is 2. The molecule has 4 heteroatoms. The van der Waals surface area contributed by atoms with Crippen molar-refractivity contribution in [2.75, 3.05) is 13.1 Å². The monoisotopic (exact) mass is 207 g/mol. The molecule has 1 heterocycles. The predicted molar refractivity (Wildman–Crippen MR) is 61.0 cm³/mol. The van der Waals surface area contributed by atoms with Crippen molar-refractivity contribution in [3.05, 3.63) is 40.6 Å². The van der Waals surface area contributed by atoms with Crippen LogP contribution in [0.5, 0.6) is 0 Å². The van der Waals surface area contributed by atoms with E-state index in [-0.39, 0.29) is 5.56 Å². The number of hydrogen-bond acceptors (Lipinski definition) is 3. The van der Waals surface area contributed by atoms with Crippen molar-refractivity contribution in [3.63, 3.8) is 0 Å². The van der Waals surface area contributed by atoms with Gasteiger partial charge in [0.25, 0.3) is 5.56 Å². The number of aromatic nitrogens is 2. The van der Waals surface area contributed by atoms with Gasteiger partial charge in [-0.2, -0.15) is 0 Å². The van der Waals surface area contributed by atoms with Crippen LogP contribution in [0.15, 0.2) is 23.5 Å². The third-order valence-electron chi connectivity index (χ3n) is 2.13. The Morgan fingerprint density at radius 2 is 2.33 bits per heavy atom. The van der Waals surface area contributed by atoms with Crippen LogP contribution in [-0.4, -0.2) is 22.6 Å². The molecule has 0 aliphatic carbocycles. The molecule has 0 aliphatic heterocycles. The van der Waals surface area contributed by atoms with Crippen molar-refractivity contribution >= 4 is 0 Å². The second-order valence-electron chi connectivity index (χ2n) is 3.43. The lowest BCUT2D eigenvalue weighted by Gasteiger charge is -2.09. The van der Waals surface area contributed by atoms with Crippen LogP contribution in [0.1, 0.15) is 11.5 Å². The Hall–Kier alpha value is -1.42. The molecule has 82 valence electrons. The first-order valence-electron chi connectivity index (χ1n) is 5.02. The highest BCUT2D eigenvalue weighted by atomic mass is 16.1. The van der Waals surface area contributed by atoms with Crippen LogP contribution in [0.25, 0.3) is 0 Å². The second kappa shape index (κ2) is 5.46. The highest BCUT2D eigenvalue weighted by Crippen LogP contribution is 1.92. The fourth-order valence-electron chi connectivity index (χ4n) is 1.43. The maximum atomic E-state index is 11.6. The zero-order valence-electron chi connectivity index (χ0n) is 9.29. The zero-order valence-corrected chi connectivity index (χ0v) is 9.29. The lowest BCUT2D eigenvalue weighted by atomic mass is 10.4. The molecular weight excluding hydrogens is 190 g/mol. The van der Waals surface area contributed by atoms with E-state index in [0.29, 0.717) is 6.54 Å². The van der Waals surface area contributed by atoms with Gasteiger partial charge in [-0.25, -0.2) is 4.98 Å². The summed E-state index contributed by atoms with van der Waals surface area (Å²) < 4.78 is 1.67. The highest BCUT2D eigenvalue weighted by molar-refractivity contribution is 5.01. The molecule has 0 unspecified atom stereocenters. The van der Waals surface area contributed by atoms with Gasteiger partial charge in [0.2, 0.25) is 0 Å². The molecule has 0 saturated carbocycles. The minimum atomic E-state index is 0.0143. The van der Waals surface area contributed by atoms with E-state index in [4.69, 9.17) is 0 Å². The summed E-state index contributed by atoms with van der Waals surface area (Å²) in [6.45, 7) is 9.43. The molecular formula is C11H17N3O. The van der Waals surface area contributed by atoms with E-state index in [0.717, 1.165) is 24.6 Å². The summed E-state index contributed by atoms with van der Waals surface area (Å²) in [4.78, 5) is 15.8. The molecule has 1 aromatic heterocycles. The van der Waals surface area contributed by atoms with E-state index >= 15 is 0 Å². The summed E-state index contributed by atoms with van der Waals surface area (Å²) in [7, 11) is 0. The maximum Gasteiger partial charge on any atom is 0.253 e. The van der Waals surface area contributed by atoms with Gasteiger partial charge in [0.15, 0.2) is 0 Å². The second-order valence-corrected chi connectivity index (χ2v) is 3.43. The number of nitrogens with zero attached hydrogens (tertiary/aromatic N) is 2. The molecule has 0 spiro atoms. The summed E-state index contributed by atoms with van der Waals surface area (Å²) in [5.74, 6) is 0.764. The summed E-state index contributed by atoms with van der Waals surface area (Å²) in [6.07, 6.45) is 1.79. The van der Waals surface area contributed by atoms with Crippen LogP contribution in [0, 0.1) is 13.8 Å². The normalized spacial score (nSPS) is 10.3. The molecule has 0 fully saturated rings. The number of rotatable bonds is 5. The van der Waals surface area contributed by atoms with E-state index in [9.17, 15) is 4.79 Å². The average molecular weight is 207 g/mol. The minimum Gasteiger partial charge on any atom is -0.312 e. The van der Waals surface area contributed by atoms with Gasteiger partial charge < -0.3 is 5.32 Å². The Balaban J connectivity index is 2.68. The molecule has 0 aliphatic rings. The van der Waals surface area contributed by atoms with E-state index in [1.165, 1.54) is 0 Å². The lowest BCUT2D eigenvalue weighted by molar-refractivity contribution is 0.583. The van der Waals surface area contributed by atoms with Gasteiger partial charge in [-0.05, 0) is 13.8 Å². The molecule has 0 bridgehead atoms. The van der Waals surface area contributed by atoms with E-state index in [1.54, 1.807) is 16.7 Å². The molecule has 0 amide bonds. The van der Waals surface area contributed by atoms with Crippen molar-refractivity contribution in [2.45, 2.75) is 20.4 Å². The fourth-order valence-corrected chi connectivity index (χ4v) is 1.43. The summed E-state index contributed by atoms with van der Waals surface area (Å²) >= 11 is 0. The topological polar surface area (TPSA) is 46.9 Å². The van der Waals surface area contributed by atoms with Crippen molar-refractivity contribution in [1.82, 2.24) is 14.9 Å². The van der Waals surface area contributed by atoms with Crippen LogP contribution >= 0.6 is 0 Å².